The summed E-state index contributed by atoms with van der Waals surface area (Å²) in [5.41, 5.74) is 2.32. The molecule has 0 saturated carbocycles. The van der Waals surface area contributed by atoms with E-state index in [0.717, 1.165) is 10.8 Å². The number of nitrogens with zero attached hydrogens (tertiary/aromatic N) is 1. The van der Waals surface area contributed by atoms with Crippen LogP contribution in [0.2, 0.25) is 0 Å². The van der Waals surface area contributed by atoms with Gasteiger partial charge < -0.3 is 49.6 Å². The van der Waals surface area contributed by atoms with Gasteiger partial charge in [-0.1, -0.05) is 0 Å². The second-order valence-electron chi connectivity index (χ2n) is 8.93. The van der Waals surface area contributed by atoms with E-state index in [9.17, 15) is 44.3 Å². The lowest BCUT2D eigenvalue weighted by Gasteiger charge is -2.29. The lowest BCUT2D eigenvalue weighted by atomic mass is 9.84. The molecule has 0 bridgehead atoms. The highest BCUT2D eigenvalue weighted by Gasteiger charge is 2.40. The maximum absolute atomic E-state index is 12.4. The average Bonchev–Trinajstić information content (AvgIpc) is 3.34. The Balaban J connectivity index is 1.68. The molecule has 8 atom stereocenters. The van der Waals surface area contributed by atoms with Gasteiger partial charge in [0.25, 0.3) is 13.4 Å². The Morgan fingerprint density at radius 2 is 2.03 bits per heavy atom. The van der Waals surface area contributed by atoms with Crippen LogP contribution in [0.1, 0.15) is 31.6 Å². The number of aliphatic carboxylic acids is 1. The molecule has 0 amide bonds. The van der Waals surface area contributed by atoms with Gasteiger partial charge in [0.2, 0.25) is 0 Å². The van der Waals surface area contributed by atoms with Crippen molar-refractivity contribution in [3.8, 4) is 0 Å². The number of aromatic amines is 1. The van der Waals surface area contributed by atoms with Crippen molar-refractivity contribution in [3.63, 3.8) is 0 Å². The summed E-state index contributed by atoms with van der Waals surface area (Å²) in [4.78, 5) is 50.4. The van der Waals surface area contributed by atoms with Gasteiger partial charge >= 0.3 is 11.7 Å². The van der Waals surface area contributed by atoms with Crippen LogP contribution in [0.5, 0.6) is 0 Å². The summed E-state index contributed by atoms with van der Waals surface area (Å²) in [6.07, 6.45) is -6.75. The molecular formula is C19H29N3O13P-. The minimum atomic E-state index is -4.98. The number of nitrogens with one attached hydrogen (secondary N) is 1. The number of carboxylic acid groups (broad SMARTS) is 1. The highest BCUT2D eigenvalue weighted by molar-refractivity contribution is 7.45. The molecule has 0 radical (unpaired) electrons. The van der Waals surface area contributed by atoms with Crippen LogP contribution >= 0.6 is 7.82 Å². The fraction of sp³-hybridized carbons (Fsp3) is 0.737. The third kappa shape index (κ3) is 6.47. The van der Waals surface area contributed by atoms with Crippen LogP contribution in [0.15, 0.2) is 15.8 Å². The Bertz CT molecular complexity index is 1110. The molecule has 16 nitrogen and oxygen atoms in total. The second kappa shape index (κ2) is 11.2. The van der Waals surface area contributed by atoms with Crippen molar-refractivity contribution < 1.29 is 53.2 Å². The molecule has 0 spiro atoms. The smallest absolute Gasteiger partial charge is 0.330 e. The van der Waals surface area contributed by atoms with Gasteiger partial charge in [-0.2, -0.15) is 0 Å². The number of carboxylic acids is 1. The SMILES string of the molecule is C[C@](CN)(Cc1cn([C@H]2C[C@H](O)[C@@H](COP(=O)([O-])O[C@@H]3C[C@H](O)O[C@@H]3CO)O2)c(=O)[nH]c1=O)C(=O)O. The normalized spacial score (nSPS) is 31.7. The van der Waals surface area contributed by atoms with E-state index in [0.29, 0.717) is 0 Å². The molecule has 2 aliphatic heterocycles. The minimum absolute atomic E-state index is 0.0559. The van der Waals surface area contributed by atoms with Crippen molar-refractivity contribution in [1.82, 2.24) is 9.55 Å². The summed E-state index contributed by atoms with van der Waals surface area (Å²) in [6.45, 7) is -0.215. The largest absolute Gasteiger partial charge is 0.756 e. The van der Waals surface area contributed by atoms with Crippen LogP contribution in [0.25, 0.3) is 0 Å². The first-order chi connectivity index (χ1) is 16.8. The monoisotopic (exact) mass is 538 g/mol. The number of hydrogen-bond acceptors (Lipinski definition) is 13. The summed E-state index contributed by atoms with van der Waals surface area (Å²) in [6, 6.07) is 0. The summed E-state index contributed by atoms with van der Waals surface area (Å²) in [7, 11) is -4.98. The first-order valence-electron chi connectivity index (χ1n) is 11.0. The Kier molecular flexibility index (Phi) is 8.88. The minimum Gasteiger partial charge on any atom is -0.756 e. The van der Waals surface area contributed by atoms with Crippen LogP contribution < -0.4 is 21.9 Å². The third-order valence-corrected chi connectivity index (χ3v) is 7.12. The Hall–Kier alpha value is -1.98. The second-order valence-corrected chi connectivity index (χ2v) is 10.3. The Labute approximate surface area is 203 Å². The summed E-state index contributed by atoms with van der Waals surface area (Å²) in [5.74, 6) is -1.24. The molecule has 3 heterocycles. The number of H-pyrrole nitrogens is 1. The third-order valence-electron chi connectivity index (χ3n) is 6.13. The first kappa shape index (κ1) is 28.6. The van der Waals surface area contributed by atoms with Gasteiger partial charge in [0.05, 0.1) is 30.8 Å². The van der Waals surface area contributed by atoms with Crippen molar-refractivity contribution >= 4 is 13.8 Å². The topological polar surface area (TPSA) is 256 Å². The van der Waals surface area contributed by atoms with E-state index < -0.39 is 80.6 Å². The highest BCUT2D eigenvalue weighted by Crippen LogP contribution is 2.44. The van der Waals surface area contributed by atoms with Gasteiger partial charge in [-0.15, -0.1) is 0 Å². The zero-order chi connectivity index (χ0) is 26.8. The zero-order valence-corrected chi connectivity index (χ0v) is 20.1. The fourth-order valence-corrected chi connectivity index (χ4v) is 4.83. The number of carbonyl (C=O) groups is 1. The summed E-state index contributed by atoms with van der Waals surface area (Å²) < 4.78 is 33.3. The number of rotatable bonds is 11. The molecule has 2 fully saturated rings. The van der Waals surface area contributed by atoms with E-state index >= 15 is 0 Å². The van der Waals surface area contributed by atoms with Crippen LogP contribution in [-0.2, 0) is 34.3 Å². The number of phosphoric ester groups is 1. The van der Waals surface area contributed by atoms with Crippen LogP contribution in [0, 0.1) is 5.41 Å². The van der Waals surface area contributed by atoms with Crippen molar-refractivity contribution in [2.24, 2.45) is 11.1 Å². The fourth-order valence-electron chi connectivity index (χ4n) is 3.89. The van der Waals surface area contributed by atoms with Gasteiger partial charge in [-0.25, -0.2) is 4.79 Å². The van der Waals surface area contributed by atoms with E-state index in [1.165, 1.54) is 6.92 Å². The lowest BCUT2D eigenvalue weighted by molar-refractivity contribution is -0.234. The molecule has 0 aromatic carbocycles. The molecule has 1 unspecified atom stereocenters. The number of hydrogen-bond donors (Lipinski definition) is 6. The van der Waals surface area contributed by atoms with Gasteiger partial charge in [0.15, 0.2) is 6.29 Å². The number of aromatic nitrogens is 2. The highest BCUT2D eigenvalue weighted by atomic mass is 31.2. The Morgan fingerprint density at radius 1 is 1.33 bits per heavy atom. The Morgan fingerprint density at radius 3 is 2.64 bits per heavy atom. The van der Waals surface area contributed by atoms with E-state index in [2.05, 4.69) is 4.98 Å². The molecule has 1 aromatic rings. The molecule has 3 rings (SSSR count). The molecule has 1 aromatic heterocycles. The molecule has 17 heteroatoms. The number of ether oxygens (including phenoxy) is 2. The predicted octanol–water partition coefficient (Wildman–Crippen LogP) is -3.25. The predicted molar refractivity (Wildman–Crippen MR) is 115 cm³/mol. The molecule has 204 valence electrons. The number of phosphoric acid groups is 1. The number of nitrogens with two attached hydrogens (primary N) is 1. The van der Waals surface area contributed by atoms with Crippen LogP contribution in [0.4, 0.5) is 0 Å². The van der Waals surface area contributed by atoms with Gasteiger partial charge in [0, 0.05) is 31.1 Å². The van der Waals surface area contributed by atoms with Crippen molar-refractivity contribution in [3.05, 3.63) is 32.6 Å². The maximum Gasteiger partial charge on any atom is 0.330 e. The molecule has 2 saturated heterocycles. The van der Waals surface area contributed by atoms with E-state index in [-0.39, 0.29) is 31.4 Å². The summed E-state index contributed by atoms with van der Waals surface area (Å²) >= 11 is 0. The average molecular weight is 538 g/mol. The molecular weight excluding hydrogens is 509 g/mol. The van der Waals surface area contributed by atoms with E-state index in [4.69, 9.17) is 24.3 Å². The maximum atomic E-state index is 12.4. The lowest BCUT2D eigenvalue weighted by Crippen LogP contribution is -2.41. The number of aliphatic hydroxyl groups is 3. The first-order valence-corrected chi connectivity index (χ1v) is 12.4. The van der Waals surface area contributed by atoms with Gasteiger partial charge in [-0.05, 0) is 13.3 Å². The van der Waals surface area contributed by atoms with Crippen LogP contribution in [0.3, 0.4) is 0 Å². The van der Waals surface area contributed by atoms with Crippen molar-refractivity contribution in [2.45, 2.75) is 63.1 Å². The molecule has 7 N–H and O–H groups in total. The van der Waals surface area contributed by atoms with Crippen LogP contribution in [-0.4, -0.2) is 86.4 Å². The van der Waals surface area contributed by atoms with Gasteiger partial charge in [-0.3, -0.25) is 23.7 Å². The molecule has 2 aliphatic rings. The van der Waals surface area contributed by atoms with Crippen molar-refractivity contribution in [1.29, 1.82) is 0 Å². The zero-order valence-electron chi connectivity index (χ0n) is 19.2. The summed E-state index contributed by atoms with van der Waals surface area (Å²) in [5, 5.41) is 38.4. The quantitative estimate of drug-likeness (QED) is 0.151. The molecule has 0 aliphatic carbocycles. The van der Waals surface area contributed by atoms with Gasteiger partial charge in [0.1, 0.15) is 18.4 Å². The molecule has 36 heavy (non-hydrogen) atoms. The number of aliphatic hydroxyl groups excluding tert-OH is 3. The van der Waals surface area contributed by atoms with Crippen molar-refractivity contribution in [2.75, 3.05) is 19.8 Å². The van der Waals surface area contributed by atoms with E-state index in [1.54, 1.807) is 0 Å². The van der Waals surface area contributed by atoms with E-state index in [1.807, 2.05) is 0 Å². The standard InChI is InChI=1S/C19H30N3O13P/c1-19(8-20,17(27)28)4-9-5-22(18(29)21-16(9)26)14-2-10(24)13(33-14)7-32-36(30,31)35-11-3-15(25)34-12(11)6-23/h5,10-15,23-25H,2-4,6-8,20H2,1H3,(H,27,28)(H,30,31)(H,21,26,29)/p-1/t10-,11+,12+,13+,14+,15+,19+/m0/s1.